The van der Waals surface area contributed by atoms with Gasteiger partial charge in [-0.15, -0.1) is 11.3 Å². The first-order valence-corrected chi connectivity index (χ1v) is 6.46. The number of carbonyl (C=O) groups is 1. The Hall–Kier alpha value is -2.13. The van der Waals surface area contributed by atoms with E-state index in [4.69, 9.17) is 0 Å². The maximum Gasteiger partial charge on any atom is 0.180 e. The molecule has 0 unspecified atom stereocenters. The summed E-state index contributed by atoms with van der Waals surface area (Å²) >= 11 is 1.61. The molecule has 90 valence electrons. The third kappa shape index (κ3) is 4.03. The van der Waals surface area contributed by atoms with E-state index in [0.29, 0.717) is 0 Å². The highest BCUT2D eigenvalue weighted by Crippen LogP contribution is 2.10. The zero-order chi connectivity index (χ0) is 12.6. The molecule has 2 aromatic rings. The van der Waals surface area contributed by atoms with Gasteiger partial charge in [0.2, 0.25) is 0 Å². The number of rotatable bonds is 5. The van der Waals surface area contributed by atoms with Crippen LogP contribution in [0.25, 0.3) is 6.08 Å². The Morgan fingerprint density at radius 3 is 2.61 bits per heavy atom. The Balaban J connectivity index is 1.84. The highest BCUT2D eigenvalue weighted by Gasteiger charge is 1.90. The molecule has 0 aliphatic heterocycles. The zero-order valence-electron chi connectivity index (χ0n) is 9.74. The van der Waals surface area contributed by atoms with Crippen LogP contribution in [0.2, 0.25) is 0 Å². The molecular formula is C15H13NOS. The van der Waals surface area contributed by atoms with Gasteiger partial charge in [0, 0.05) is 22.8 Å². The molecule has 0 atom stereocenters. The molecule has 1 aromatic heterocycles. The standard InChI is InChI=1S/C15H13NOS/c17-14(8-9-15-7-4-12-18-15)10-11-16-13-5-2-1-3-6-13/h1-12,16H/b9-8+,11-10+. The monoisotopic (exact) mass is 255 g/mol. The van der Waals surface area contributed by atoms with Crippen LogP contribution in [0, 0.1) is 0 Å². The maximum absolute atomic E-state index is 11.5. The van der Waals surface area contributed by atoms with Gasteiger partial charge in [-0.05, 0) is 35.7 Å². The zero-order valence-corrected chi connectivity index (χ0v) is 10.6. The summed E-state index contributed by atoms with van der Waals surface area (Å²) in [5, 5.41) is 5.02. The smallest absolute Gasteiger partial charge is 0.180 e. The molecule has 2 nitrogen and oxygen atoms in total. The summed E-state index contributed by atoms with van der Waals surface area (Å²) in [5.41, 5.74) is 0.962. The number of carbonyl (C=O) groups excluding carboxylic acids is 1. The van der Waals surface area contributed by atoms with Gasteiger partial charge in [-0.3, -0.25) is 4.79 Å². The predicted molar refractivity (Wildman–Crippen MR) is 77.6 cm³/mol. The Labute approximate surface area is 110 Å². The van der Waals surface area contributed by atoms with Crippen LogP contribution in [0.1, 0.15) is 4.88 Å². The quantitative estimate of drug-likeness (QED) is 0.819. The number of thiophene rings is 1. The van der Waals surface area contributed by atoms with E-state index in [1.807, 2.05) is 53.9 Å². The molecule has 0 amide bonds. The van der Waals surface area contributed by atoms with E-state index in [-0.39, 0.29) is 5.78 Å². The molecule has 0 fully saturated rings. The van der Waals surface area contributed by atoms with E-state index in [2.05, 4.69) is 5.32 Å². The van der Waals surface area contributed by atoms with E-state index >= 15 is 0 Å². The molecule has 1 heterocycles. The van der Waals surface area contributed by atoms with Crippen LogP contribution in [0.4, 0.5) is 5.69 Å². The van der Waals surface area contributed by atoms with Crippen molar-refractivity contribution in [1.29, 1.82) is 0 Å². The predicted octanol–water partition coefficient (Wildman–Crippen LogP) is 3.96. The largest absolute Gasteiger partial charge is 0.362 e. The van der Waals surface area contributed by atoms with Crippen LogP contribution in [0.15, 0.2) is 66.2 Å². The second kappa shape index (κ2) is 6.57. The second-order valence-corrected chi connectivity index (χ2v) is 4.57. The van der Waals surface area contributed by atoms with Gasteiger partial charge in [-0.2, -0.15) is 0 Å². The lowest BCUT2D eigenvalue weighted by Gasteiger charge is -1.97. The van der Waals surface area contributed by atoms with Crippen molar-refractivity contribution in [3.05, 3.63) is 71.1 Å². The molecule has 0 radical (unpaired) electrons. The highest BCUT2D eigenvalue weighted by atomic mass is 32.1. The molecule has 3 heteroatoms. The fourth-order valence-corrected chi connectivity index (χ4v) is 1.98. The highest BCUT2D eigenvalue weighted by molar-refractivity contribution is 7.10. The lowest BCUT2D eigenvalue weighted by atomic mass is 10.3. The fraction of sp³-hybridized carbons (Fsp3) is 0. The molecule has 0 saturated carbocycles. The van der Waals surface area contributed by atoms with E-state index in [1.54, 1.807) is 23.6 Å². The summed E-state index contributed by atoms with van der Waals surface area (Å²) < 4.78 is 0. The average molecular weight is 255 g/mol. The first-order chi connectivity index (χ1) is 8.84. The van der Waals surface area contributed by atoms with Gasteiger partial charge in [0.15, 0.2) is 5.78 Å². The fourth-order valence-electron chi connectivity index (χ4n) is 1.36. The van der Waals surface area contributed by atoms with Gasteiger partial charge in [0.25, 0.3) is 0 Å². The number of benzene rings is 1. The van der Waals surface area contributed by atoms with Gasteiger partial charge < -0.3 is 5.32 Å². The third-order valence-corrected chi connectivity index (χ3v) is 3.06. The van der Waals surface area contributed by atoms with Crippen LogP contribution in [-0.4, -0.2) is 5.78 Å². The van der Waals surface area contributed by atoms with Crippen LogP contribution in [0.5, 0.6) is 0 Å². The van der Waals surface area contributed by atoms with Gasteiger partial charge in [-0.25, -0.2) is 0 Å². The average Bonchev–Trinajstić information content (AvgIpc) is 2.91. The summed E-state index contributed by atoms with van der Waals surface area (Å²) in [6, 6.07) is 13.6. The van der Waals surface area contributed by atoms with Gasteiger partial charge >= 0.3 is 0 Å². The van der Waals surface area contributed by atoms with Crippen molar-refractivity contribution < 1.29 is 4.79 Å². The van der Waals surface area contributed by atoms with Gasteiger partial charge in [0.05, 0.1) is 0 Å². The molecule has 0 saturated heterocycles. The molecule has 0 bridgehead atoms. The van der Waals surface area contributed by atoms with E-state index in [9.17, 15) is 4.79 Å². The van der Waals surface area contributed by atoms with Crippen molar-refractivity contribution in [1.82, 2.24) is 0 Å². The van der Waals surface area contributed by atoms with Crippen LogP contribution < -0.4 is 5.32 Å². The Morgan fingerprint density at radius 1 is 1.06 bits per heavy atom. The Morgan fingerprint density at radius 2 is 1.89 bits per heavy atom. The minimum Gasteiger partial charge on any atom is -0.362 e. The summed E-state index contributed by atoms with van der Waals surface area (Å²) in [6.07, 6.45) is 6.54. The number of anilines is 1. The number of allylic oxidation sites excluding steroid dienone is 2. The number of ketones is 1. The van der Waals surface area contributed by atoms with E-state index in [0.717, 1.165) is 10.6 Å². The maximum atomic E-state index is 11.5. The molecule has 2 rings (SSSR count). The molecule has 1 N–H and O–H groups in total. The van der Waals surface area contributed by atoms with E-state index < -0.39 is 0 Å². The summed E-state index contributed by atoms with van der Waals surface area (Å²) in [6.45, 7) is 0. The summed E-state index contributed by atoms with van der Waals surface area (Å²) in [7, 11) is 0. The van der Waals surface area contributed by atoms with Crippen LogP contribution in [-0.2, 0) is 4.79 Å². The lowest BCUT2D eigenvalue weighted by molar-refractivity contribution is -0.110. The molecule has 18 heavy (non-hydrogen) atoms. The van der Waals surface area contributed by atoms with Crippen LogP contribution >= 0.6 is 11.3 Å². The van der Waals surface area contributed by atoms with Crippen molar-refractivity contribution in [3.63, 3.8) is 0 Å². The summed E-state index contributed by atoms with van der Waals surface area (Å²) in [5.74, 6) is -0.0353. The van der Waals surface area contributed by atoms with Crippen molar-refractivity contribution in [3.8, 4) is 0 Å². The van der Waals surface area contributed by atoms with Crippen molar-refractivity contribution in [2.45, 2.75) is 0 Å². The number of nitrogens with one attached hydrogen (secondary N) is 1. The Bertz CT molecular complexity index is 541. The van der Waals surface area contributed by atoms with Crippen LogP contribution in [0.3, 0.4) is 0 Å². The van der Waals surface area contributed by atoms with Crippen molar-refractivity contribution in [2.24, 2.45) is 0 Å². The molecule has 1 aromatic carbocycles. The second-order valence-electron chi connectivity index (χ2n) is 3.59. The molecule has 0 aliphatic rings. The third-order valence-electron chi connectivity index (χ3n) is 2.23. The minimum atomic E-state index is -0.0353. The van der Waals surface area contributed by atoms with Gasteiger partial charge in [0.1, 0.15) is 0 Å². The molecule has 0 spiro atoms. The first-order valence-electron chi connectivity index (χ1n) is 5.58. The molecular weight excluding hydrogens is 242 g/mol. The lowest BCUT2D eigenvalue weighted by Crippen LogP contribution is -1.90. The summed E-state index contributed by atoms with van der Waals surface area (Å²) in [4.78, 5) is 12.6. The normalized spacial score (nSPS) is 11.1. The Kier molecular flexibility index (Phi) is 4.50. The number of para-hydroxylation sites is 1. The number of hydrogen-bond acceptors (Lipinski definition) is 3. The topological polar surface area (TPSA) is 29.1 Å². The SMILES string of the molecule is O=C(/C=C/Nc1ccccc1)/C=C/c1cccs1. The first kappa shape index (κ1) is 12.3. The molecule has 0 aliphatic carbocycles. The van der Waals surface area contributed by atoms with Crippen molar-refractivity contribution >= 4 is 28.9 Å². The van der Waals surface area contributed by atoms with Gasteiger partial charge in [-0.1, -0.05) is 24.3 Å². The van der Waals surface area contributed by atoms with E-state index in [1.165, 1.54) is 6.08 Å². The minimum absolute atomic E-state index is 0.0353. The van der Waals surface area contributed by atoms with Crippen molar-refractivity contribution in [2.75, 3.05) is 5.32 Å². The number of hydrogen-bond donors (Lipinski definition) is 1.